The highest BCUT2D eigenvalue weighted by atomic mass is 32.2. The van der Waals surface area contributed by atoms with Gasteiger partial charge < -0.3 is 24.2 Å². The Morgan fingerprint density at radius 3 is 2.42 bits per heavy atom. The monoisotopic (exact) mass is 576 g/mol. The van der Waals surface area contributed by atoms with Gasteiger partial charge in [0.25, 0.3) is 0 Å². The molecular weight excluding hydrogens is 539 g/mol. The molecule has 0 radical (unpaired) electrons. The maximum atomic E-state index is 13.4. The van der Waals surface area contributed by atoms with Gasteiger partial charge in [-0.05, 0) is 50.3 Å². The van der Waals surface area contributed by atoms with E-state index in [9.17, 15) is 23.9 Å². The van der Waals surface area contributed by atoms with Gasteiger partial charge >= 0.3 is 12.1 Å². The van der Waals surface area contributed by atoms with Crippen LogP contribution in [0, 0.1) is 17.7 Å². The maximum Gasteiger partial charge on any atom is 0.511 e. The number of hydrogen-bond acceptors (Lipinski definition) is 9. The molecule has 1 amide bonds. The van der Waals surface area contributed by atoms with E-state index in [1.54, 1.807) is 30.8 Å². The number of aliphatic hydroxyl groups is 1. The number of carbonyl (C=O) groups is 3. The smallest absolute Gasteiger partial charge is 0.431 e. The average molecular weight is 577 g/mol. The van der Waals surface area contributed by atoms with Gasteiger partial charge in [0.1, 0.15) is 17.6 Å². The summed E-state index contributed by atoms with van der Waals surface area (Å²) in [4.78, 5) is 43.0. The van der Waals surface area contributed by atoms with E-state index in [0.29, 0.717) is 6.54 Å². The largest absolute Gasteiger partial charge is 0.511 e. The van der Waals surface area contributed by atoms with Crippen LogP contribution in [0.2, 0.25) is 0 Å². The van der Waals surface area contributed by atoms with Gasteiger partial charge in [-0.1, -0.05) is 25.5 Å². The molecule has 3 fully saturated rings. The van der Waals surface area contributed by atoms with E-state index in [1.165, 1.54) is 24.0 Å². The summed E-state index contributed by atoms with van der Waals surface area (Å²) in [6.45, 7) is 7.22. The number of rotatable bonds is 9. The van der Waals surface area contributed by atoms with Crippen molar-refractivity contribution >= 4 is 29.8 Å². The number of benzene rings is 1. The third kappa shape index (κ3) is 6.01. The molecule has 3 aliphatic heterocycles. The molecule has 0 spiro atoms. The molecule has 1 N–H and O–H groups in total. The molecule has 9 nitrogen and oxygen atoms in total. The lowest BCUT2D eigenvalue weighted by molar-refractivity contribution is -0.174. The van der Waals surface area contributed by atoms with Crippen LogP contribution < -0.4 is 0 Å². The molecule has 218 valence electrons. The number of thioether (sulfide) groups is 1. The van der Waals surface area contributed by atoms with Crippen LogP contribution in [0.3, 0.4) is 0 Å². The van der Waals surface area contributed by atoms with Crippen LogP contribution in [0.1, 0.15) is 58.4 Å². The zero-order valence-electron chi connectivity index (χ0n) is 23.1. The fraction of sp³-hybridized carbons (Fsp3) is 0.621. The molecule has 11 heteroatoms. The molecule has 3 heterocycles. The quantitative estimate of drug-likeness (QED) is 0.263. The van der Waals surface area contributed by atoms with Gasteiger partial charge in [-0.2, -0.15) is 0 Å². The standard InChI is InChI=1S/C29H37FN2O7S/c1-16-24-23(17(2)33)27(34)32(24)25(28(35)37-18(3)38-29(36)39-21-7-5-4-6-8-21)26(16)40-22-14-31(15-22)13-19-9-11-20(30)12-10-19/h9-12,16-18,21-24,33H,4-8,13-15H2,1-3H3/t16-,17-,18?,23-,24-/m1/s1. The van der Waals surface area contributed by atoms with E-state index >= 15 is 0 Å². The highest BCUT2D eigenvalue weighted by Crippen LogP contribution is 2.52. The van der Waals surface area contributed by atoms with Gasteiger partial charge in [-0.15, -0.1) is 11.8 Å². The second kappa shape index (κ2) is 12.1. The summed E-state index contributed by atoms with van der Waals surface area (Å²) in [5, 5.41) is 10.4. The Balaban J connectivity index is 1.23. The number of nitrogens with zero attached hydrogens (tertiary/aromatic N) is 2. The third-order valence-electron chi connectivity index (χ3n) is 8.19. The zero-order valence-corrected chi connectivity index (χ0v) is 23.9. The lowest BCUT2D eigenvalue weighted by atomic mass is 9.79. The first-order chi connectivity index (χ1) is 19.1. The van der Waals surface area contributed by atoms with Gasteiger partial charge in [0, 0.05) is 42.6 Å². The van der Waals surface area contributed by atoms with Crippen molar-refractivity contribution in [2.24, 2.45) is 11.8 Å². The Labute approximate surface area is 238 Å². The molecule has 1 unspecified atom stereocenters. The van der Waals surface area contributed by atoms with Crippen LogP contribution in [0.4, 0.5) is 9.18 Å². The normalized spacial score (nSPS) is 27.0. The number of carbonyl (C=O) groups excluding carboxylic acids is 3. The topological polar surface area (TPSA) is 106 Å². The highest BCUT2D eigenvalue weighted by Gasteiger charge is 2.60. The van der Waals surface area contributed by atoms with Crippen molar-refractivity contribution in [1.82, 2.24) is 9.80 Å². The first-order valence-electron chi connectivity index (χ1n) is 14.1. The van der Waals surface area contributed by atoms with Crippen molar-refractivity contribution in [3.63, 3.8) is 0 Å². The van der Waals surface area contributed by atoms with E-state index in [0.717, 1.165) is 55.7 Å². The number of ether oxygens (including phenoxy) is 3. The van der Waals surface area contributed by atoms with E-state index in [1.807, 2.05) is 6.92 Å². The van der Waals surface area contributed by atoms with Gasteiger partial charge in [0.2, 0.25) is 12.2 Å². The molecule has 5 rings (SSSR count). The predicted octanol–water partition coefficient (Wildman–Crippen LogP) is 4.19. The third-order valence-corrected chi connectivity index (χ3v) is 9.64. The number of esters is 1. The second-order valence-corrected chi connectivity index (χ2v) is 12.6. The van der Waals surface area contributed by atoms with Crippen molar-refractivity contribution in [2.45, 2.75) is 89.2 Å². The van der Waals surface area contributed by atoms with Crippen LogP contribution in [-0.2, 0) is 30.3 Å². The number of likely N-dealkylation sites (tertiary alicyclic amines) is 1. The summed E-state index contributed by atoms with van der Waals surface area (Å²) in [6, 6.07) is 6.11. The molecule has 1 aliphatic carbocycles. The molecule has 40 heavy (non-hydrogen) atoms. The number of fused-ring (bicyclic) bond motifs is 1. The van der Waals surface area contributed by atoms with Gasteiger partial charge in [0.05, 0.1) is 18.1 Å². The number of aliphatic hydroxyl groups excluding tert-OH is 1. The van der Waals surface area contributed by atoms with Crippen LogP contribution in [-0.4, -0.2) is 75.8 Å². The van der Waals surface area contributed by atoms with Crippen LogP contribution in [0.15, 0.2) is 34.9 Å². The van der Waals surface area contributed by atoms with Crippen molar-refractivity contribution in [1.29, 1.82) is 0 Å². The summed E-state index contributed by atoms with van der Waals surface area (Å²) in [5.74, 6) is -2.08. The molecule has 4 aliphatic rings. The number of hydrogen-bond donors (Lipinski definition) is 1. The summed E-state index contributed by atoms with van der Waals surface area (Å²) >= 11 is 1.55. The fourth-order valence-electron chi connectivity index (χ4n) is 6.14. The highest BCUT2D eigenvalue weighted by molar-refractivity contribution is 8.03. The van der Waals surface area contributed by atoms with Crippen LogP contribution >= 0.6 is 11.8 Å². The van der Waals surface area contributed by atoms with Gasteiger partial charge in [-0.3, -0.25) is 9.69 Å². The molecule has 1 saturated carbocycles. The Morgan fingerprint density at radius 1 is 1.10 bits per heavy atom. The lowest BCUT2D eigenvalue weighted by Gasteiger charge is -2.46. The van der Waals surface area contributed by atoms with Crippen molar-refractivity contribution < 1.29 is 38.1 Å². The molecule has 5 atom stereocenters. The van der Waals surface area contributed by atoms with E-state index < -0.39 is 30.4 Å². The summed E-state index contributed by atoms with van der Waals surface area (Å²) in [7, 11) is 0. The molecular formula is C29H37FN2O7S. The average Bonchev–Trinajstić information content (AvgIpc) is 3.12. The Morgan fingerprint density at radius 2 is 1.77 bits per heavy atom. The summed E-state index contributed by atoms with van der Waals surface area (Å²) < 4.78 is 29.3. The number of halogens is 1. The molecule has 1 aromatic carbocycles. The number of amides is 1. The summed E-state index contributed by atoms with van der Waals surface area (Å²) in [5.41, 5.74) is 1.19. The Bertz CT molecular complexity index is 1150. The van der Waals surface area contributed by atoms with Gasteiger partial charge in [-0.25, -0.2) is 14.0 Å². The second-order valence-electron chi connectivity index (χ2n) is 11.2. The maximum absolute atomic E-state index is 13.4. The van der Waals surface area contributed by atoms with Crippen LogP contribution in [0.5, 0.6) is 0 Å². The van der Waals surface area contributed by atoms with Crippen molar-refractivity contribution in [3.05, 3.63) is 46.2 Å². The first kappa shape index (κ1) is 28.9. The molecule has 0 bridgehead atoms. The lowest BCUT2D eigenvalue weighted by Crippen LogP contribution is -2.63. The molecule has 2 saturated heterocycles. The van der Waals surface area contributed by atoms with Crippen molar-refractivity contribution in [3.8, 4) is 0 Å². The summed E-state index contributed by atoms with van der Waals surface area (Å²) in [6.07, 6.45) is 1.60. The first-order valence-corrected chi connectivity index (χ1v) is 15.0. The van der Waals surface area contributed by atoms with E-state index in [-0.39, 0.29) is 40.7 Å². The number of β-lactam (4-membered cyclic amide) rings is 1. The molecule has 0 aromatic heterocycles. The minimum atomic E-state index is -1.20. The minimum absolute atomic E-state index is 0.163. The fourth-order valence-corrected chi connectivity index (χ4v) is 7.71. The SMILES string of the molecule is CC(OC(=O)OC1CCCCC1)OC(=O)C1=C(SC2CN(Cc3ccc(F)cc3)C2)[C@H](C)[C@@H]2[C@@H]([C@@H](C)O)C(=O)N12. The van der Waals surface area contributed by atoms with Crippen molar-refractivity contribution in [2.75, 3.05) is 13.1 Å². The Hall–Kier alpha value is -2.63. The molecule has 1 aromatic rings. The predicted molar refractivity (Wildman–Crippen MR) is 145 cm³/mol. The Kier molecular flexibility index (Phi) is 8.72. The van der Waals surface area contributed by atoms with E-state index in [4.69, 9.17) is 14.2 Å². The van der Waals surface area contributed by atoms with Crippen LogP contribution in [0.25, 0.3) is 0 Å². The zero-order chi connectivity index (χ0) is 28.6. The van der Waals surface area contributed by atoms with E-state index in [2.05, 4.69) is 4.90 Å². The minimum Gasteiger partial charge on any atom is -0.431 e. The van der Waals surface area contributed by atoms with Gasteiger partial charge in [0.15, 0.2) is 0 Å².